The molecule has 1 fully saturated rings. The predicted octanol–water partition coefficient (Wildman–Crippen LogP) is 3.61. The highest BCUT2D eigenvalue weighted by molar-refractivity contribution is 8.04. The Bertz CT molecular complexity index is 896. The van der Waals surface area contributed by atoms with Gasteiger partial charge in [0.15, 0.2) is 0 Å². The maximum absolute atomic E-state index is 12.9. The molecule has 30 heavy (non-hydrogen) atoms. The zero-order valence-corrected chi connectivity index (χ0v) is 20.5. The van der Waals surface area contributed by atoms with Crippen molar-refractivity contribution in [1.29, 1.82) is 0 Å². The second-order valence-electron chi connectivity index (χ2n) is 7.13. The number of fused-ring (bicyclic) bond motifs is 1. The molecule has 0 aliphatic carbocycles. The maximum Gasteiger partial charge on any atom is 0.241 e. The van der Waals surface area contributed by atoms with E-state index in [0.29, 0.717) is 22.5 Å². The Morgan fingerprint density at radius 2 is 1.47 bits per heavy atom. The summed E-state index contributed by atoms with van der Waals surface area (Å²) in [5, 5.41) is 1.44. The van der Waals surface area contributed by atoms with Crippen molar-refractivity contribution in [3.8, 4) is 0 Å². The van der Waals surface area contributed by atoms with Crippen molar-refractivity contribution in [3.05, 3.63) is 36.4 Å². The van der Waals surface area contributed by atoms with Gasteiger partial charge in [-0.15, -0.1) is 0 Å². The number of nitrogens with zero attached hydrogens (tertiary/aromatic N) is 1. The van der Waals surface area contributed by atoms with Crippen LogP contribution in [0, 0.1) is 0 Å². The van der Waals surface area contributed by atoms with Crippen LogP contribution < -0.4 is 10.5 Å². The molecule has 5 nitrogen and oxygen atoms in total. The lowest BCUT2D eigenvalue weighted by Gasteiger charge is -2.22. The number of hydrogen-bond acceptors (Lipinski definition) is 7. The molecular formula is C21H31N3O2S4. The van der Waals surface area contributed by atoms with Crippen LogP contribution >= 0.6 is 35.3 Å². The number of anilines is 1. The number of nitrogens with two attached hydrogens (primary N) is 1. The maximum atomic E-state index is 12.9. The summed E-state index contributed by atoms with van der Waals surface area (Å²) in [6, 6.07) is 10.6. The molecule has 1 aliphatic heterocycles. The molecule has 9 heteroatoms. The standard InChI is InChI=1S/C21H31N3O2S4/c22-20-6-7-21(19-5-2-1-4-18(19)20)30(25,26)23-8-3-9-24-10-12-27-14-16-29-17-15-28-13-11-24/h1-2,4-7,23H,3,8-17,22H2. The first kappa shape index (κ1) is 24.1. The van der Waals surface area contributed by atoms with Gasteiger partial charge in [0.1, 0.15) is 0 Å². The number of hydrogen-bond donors (Lipinski definition) is 2. The molecule has 0 amide bonds. The molecule has 2 aromatic rings. The van der Waals surface area contributed by atoms with Crippen LogP contribution in [0.2, 0.25) is 0 Å². The van der Waals surface area contributed by atoms with E-state index >= 15 is 0 Å². The zero-order chi connectivity index (χ0) is 21.2. The van der Waals surface area contributed by atoms with Gasteiger partial charge in [0.2, 0.25) is 10.0 Å². The van der Waals surface area contributed by atoms with E-state index in [4.69, 9.17) is 5.73 Å². The summed E-state index contributed by atoms with van der Waals surface area (Å²) in [6.45, 7) is 3.51. The number of nitrogens with one attached hydrogen (secondary N) is 1. The van der Waals surface area contributed by atoms with Gasteiger partial charge in [0, 0.05) is 70.6 Å². The third kappa shape index (κ3) is 7.24. The first-order valence-electron chi connectivity index (χ1n) is 10.3. The van der Waals surface area contributed by atoms with Crippen LogP contribution in [-0.4, -0.2) is 74.0 Å². The molecule has 0 bridgehead atoms. The molecule has 0 aromatic heterocycles. The van der Waals surface area contributed by atoms with Gasteiger partial charge in [-0.05, 0) is 25.1 Å². The summed E-state index contributed by atoms with van der Waals surface area (Å²) in [5.41, 5.74) is 6.60. The molecule has 1 aliphatic rings. The Labute approximate surface area is 193 Å². The van der Waals surface area contributed by atoms with Gasteiger partial charge >= 0.3 is 0 Å². The van der Waals surface area contributed by atoms with Crippen LogP contribution in [0.4, 0.5) is 5.69 Å². The highest BCUT2D eigenvalue weighted by atomic mass is 32.2. The lowest BCUT2D eigenvalue weighted by Crippen LogP contribution is -2.33. The monoisotopic (exact) mass is 485 g/mol. The number of benzene rings is 2. The molecular weight excluding hydrogens is 455 g/mol. The fourth-order valence-corrected chi connectivity index (χ4v) is 7.94. The van der Waals surface area contributed by atoms with Crippen molar-refractivity contribution in [3.63, 3.8) is 0 Å². The van der Waals surface area contributed by atoms with Crippen LogP contribution in [0.5, 0.6) is 0 Å². The Hall–Kier alpha value is -0.580. The van der Waals surface area contributed by atoms with E-state index in [1.807, 2.05) is 47.8 Å². The lowest BCUT2D eigenvalue weighted by atomic mass is 10.1. The fourth-order valence-electron chi connectivity index (χ4n) is 3.38. The molecule has 1 heterocycles. The molecule has 1 saturated heterocycles. The van der Waals surface area contributed by atoms with Crippen LogP contribution in [0.3, 0.4) is 0 Å². The molecule has 0 atom stereocenters. The molecule has 0 unspecified atom stereocenters. The quantitative estimate of drug-likeness (QED) is 0.478. The second kappa shape index (κ2) is 12.5. The van der Waals surface area contributed by atoms with Gasteiger partial charge < -0.3 is 10.6 Å². The molecule has 0 spiro atoms. The minimum atomic E-state index is -3.57. The summed E-state index contributed by atoms with van der Waals surface area (Å²) in [6.07, 6.45) is 0.803. The van der Waals surface area contributed by atoms with Crippen molar-refractivity contribution in [1.82, 2.24) is 9.62 Å². The van der Waals surface area contributed by atoms with E-state index in [1.165, 1.54) is 23.0 Å². The highest BCUT2D eigenvalue weighted by Crippen LogP contribution is 2.27. The van der Waals surface area contributed by atoms with Crippen molar-refractivity contribution in [2.75, 3.05) is 66.4 Å². The van der Waals surface area contributed by atoms with Crippen LogP contribution in [0.1, 0.15) is 6.42 Å². The molecule has 2 aromatic carbocycles. The van der Waals surface area contributed by atoms with Gasteiger partial charge in [-0.25, -0.2) is 13.1 Å². The van der Waals surface area contributed by atoms with Gasteiger partial charge in [-0.3, -0.25) is 0 Å². The topological polar surface area (TPSA) is 75.4 Å². The minimum Gasteiger partial charge on any atom is -0.398 e. The average Bonchev–Trinajstić information content (AvgIpc) is 2.73. The van der Waals surface area contributed by atoms with Gasteiger partial charge in [-0.1, -0.05) is 24.3 Å². The Morgan fingerprint density at radius 3 is 2.13 bits per heavy atom. The smallest absolute Gasteiger partial charge is 0.241 e. The highest BCUT2D eigenvalue weighted by Gasteiger charge is 2.18. The Kier molecular flexibility index (Phi) is 9.99. The van der Waals surface area contributed by atoms with Crippen LogP contribution in [0.25, 0.3) is 10.8 Å². The molecule has 0 radical (unpaired) electrons. The lowest BCUT2D eigenvalue weighted by molar-refractivity contribution is 0.305. The summed E-state index contributed by atoms with van der Waals surface area (Å²) < 4.78 is 28.6. The van der Waals surface area contributed by atoms with E-state index in [1.54, 1.807) is 12.1 Å². The summed E-state index contributed by atoms with van der Waals surface area (Å²) in [5.74, 6) is 7.22. The molecule has 3 N–H and O–H groups in total. The van der Waals surface area contributed by atoms with E-state index in [2.05, 4.69) is 21.4 Å². The van der Waals surface area contributed by atoms with E-state index in [9.17, 15) is 8.42 Å². The first-order chi connectivity index (χ1) is 14.6. The number of rotatable bonds is 6. The predicted molar refractivity (Wildman–Crippen MR) is 137 cm³/mol. The van der Waals surface area contributed by atoms with Gasteiger partial charge in [-0.2, -0.15) is 35.3 Å². The largest absolute Gasteiger partial charge is 0.398 e. The van der Waals surface area contributed by atoms with E-state index in [-0.39, 0.29) is 0 Å². The van der Waals surface area contributed by atoms with Gasteiger partial charge in [0.05, 0.1) is 4.90 Å². The third-order valence-electron chi connectivity index (χ3n) is 5.00. The average molecular weight is 486 g/mol. The SMILES string of the molecule is Nc1ccc(S(=O)(=O)NCCCN2CCSCCSCCSCC2)c2ccccc12. The number of thioether (sulfide) groups is 3. The van der Waals surface area contributed by atoms with E-state index in [0.717, 1.165) is 42.9 Å². The van der Waals surface area contributed by atoms with Crippen molar-refractivity contribution < 1.29 is 8.42 Å². The molecule has 166 valence electrons. The van der Waals surface area contributed by atoms with Crippen molar-refractivity contribution in [2.24, 2.45) is 0 Å². The fraction of sp³-hybridized carbons (Fsp3) is 0.524. The Balaban J connectivity index is 1.53. The van der Waals surface area contributed by atoms with Crippen LogP contribution in [-0.2, 0) is 10.0 Å². The van der Waals surface area contributed by atoms with Gasteiger partial charge in [0.25, 0.3) is 0 Å². The summed E-state index contributed by atoms with van der Waals surface area (Å²) in [7, 11) is -3.57. The molecule has 3 rings (SSSR count). The zero-order valence-electron chi connectivity index (χ0n) is 17.2. The second-order valence-corrected chi connectivity index (χ2v) is 12.5. The summed E-state index contributed by atoms with van der Waals surface area (Å²) in [4.78, 5) is 2.77. The van der Waals surface area contributed by atoms with Crippen molar-refractivity contribution >= 4 is 61.8 Å². The van der Waals surface area contributed by atoms with Crippen molar-refractivity contribution in [2.45, 2.75) is 11.3 Å². The van der Waals surface area contributed by atoms with Crippen LogP contribution in [0.15, 0.2) is 41.3 Å². The van der Waals surface area contributed by atoms with E-state index < -0.39 is 10.0 Å². The summed E-state index contributed by atoms with van der Waals surface area (Å²) >= 11 is 6.11. The third-order valence-corrected chi connectivity index (χ3v) is 9.95. The molecule has 0 saturated carbocycles. The minimum absolute atomic E-state index is 0.296. The first-order valence-corrected chi connectivity index (χ1v) is 15.2. The normalized spacial score (nSPS) is 18.0. The number of sulfonamides is 1. The number of nitrogen functional groups attached to an aromatic ring is 1. The Morgan fingerprint density at radius 1 is 0.867 bits per heavy atom.